The van der Waals surface area contributed by atoms with Crippen LogP contribution in [0, 0.1) is 0 Å². The second-order valence-corrected chi connectivity index (χ2v) is 6.25. The summed E-state index contributed by atoms with van der Waals surface area (Å²) in [7, 11) is 0. The first-order chi connectivity index (χ1) is 8.90. The van der Waals surface area contributed by atoms with Crippen molar-refractivity contribution in [1.82, 2.24) is 4.90 Å². The van der Waals surface area contributed by atoms with Crippen molar-refractivity contribution in [1.29, 1.82) is 0 Å². The fourth-order valence-electron chi connectivity index (χ4n) is 2.20. The summed E-state index contributed by atoms with van der Waals surface area (Å²) in [6, 6.07) is 0. The molecule has 0 saturated carbocycles. The number of rotatable bonds is 0. The monoisotopic (exact) mass is 269 g/mol. The Hall–Kier alpha value is -1.06. The average molecular weight is 269 g/mol. The average Bonchev–Trinajstić information content (AvgIpc) is 2.32. The van der Waals surface area contributed by atoms with Crippen molar-refractivity contribution in [3.8, 4) is 0 Å². The van der Waals surface area contributed by atoms with Crippen LogP contribution in [-0.4, -0.2) is 29.0 Å². The van der Waals surface area contributed by atoms with Crippen LogP contribution >= 0.6 is 0 Å². The van der Waals surface area contributed by atoms with Gasteiger partial charge in [0.05, 0.1) is 0 Å². The zero-order valence-electron chi connectivity index (χ0n) is 12.5. The van der Waals surface area contributed by atoms with Crippen molar-refractivity contribution in [2.24, 2.45) is 0 Å². The first kappa shape index (κ1) is 16.0. The standard InChI is InChI=1S/C15H27NO3/c1-15(2,3)19-14(18)16-12-10-8-6-4-5-7-9-11-13(16)17/h4-12H2,1-3H3. The lowest BCUT2D eigenvalue weighted by molar-refractivity contribution is -0.130. The van der Waals surface area contributed by atoms with E-state index in [-0.39, 0.29) is 5.91 Å². The van der Waals surface area contributed by atoms with Gasteiger partial charge in [0.1, 0.15) is 5.60 Å². The van der Waals surface area contributed by atoms with Gasteiger partial charge in [0.25, 0.3) is 0 Å². The molecule has 0 unspecified atom stereocenters. The number of carbonyl (C=O) groups is 2. The molecular weight excluding hydrogens is 242 g/mol. The minimum atomic E-state index is -0.552. The molecule has 0 spiro atoms. The lowest BCUT2D eigenvalue weighted by atomic mass is 10.1. The van der Waals surface area contributed by atoms with Gasteiger partial charge in [-0.05, 0) is 33.6 Å². The summed E-state index contributed by atoms with van der Waals surface area (Å²) < 4.78 is 5.31. The van der Waals surface area contributed by atoms with Crippen LogP contribution in [0.15, 0.2) is 0 Å². The fraction of sp³-hybridized carbons (Fsp3) is 0.867. The van der Waals surface area contributed by atoms with Gasteiger partial charge < -0.3 is 4.74 Å². The predicted molar refractivity (Wildman–Crippen MR) is 74.9 cm³/mol. The van der Waals surface area contributed by atoms with E-state index in [1.54, 1.807) is 0 Å². The Labute approximate surface area is 116 Å². The van der Waals surface area contributed by atoms with Gasteiger partial charge >= 0.3 is 6.09 Å². The minimum absolute atomic E-state index is 0.0869. The highest BCUT2D eigenvalue weighted by Crippen LogP contribution is 2.16. The van der Waals surface area contributed by atoms with Crippen LogP contribution < -0.4 is 0 Å². The predicted octanol–water partition coefficient (Wildman–Crippen LogP) is 3.88. The van der Waals surface area contributed by atoms with Gasteiger partial charge in [0.15, 0.2) is 0 Å². The number of imide groups is 1. The van der Waals surface area contributed by atoms with Crippen molar-refractivity contribution in [3.05, 3.63) is 0 Å². The Morgan fingerprint density at radius 3 is 2.11 bits per heavy atom. The van der Waals surface area contributed by atoms with Crippen LogP contribution in [0.4, 0.5) is 4.79 Å². The van der Waals surface area contributed by atoms with Crippen LogP contribution in [0.1, 0.15) is 72.1 Å². The molecule has 4 heteroatoms. The Bertz CT molecular complexity index is 307. The molecule has 1 aliphatic rings. The molecular formula is C15H27NO3. The van der Waals surface area contributed by atoms with E-state index in [9.17, 15) is 9.59 Å². The van der Waals surface area contributed by atoms with Gasteiger partial charge in [-0.15, -0.1) is 0 Å². The van der Waals surface area contributed by atoms with E-state index in [1.165, 1.54) is 24.2 Å². The van der Waals surface area contributed by atoms with Crippen LogP contribution in [0.5, 0.6) is 0 Å². The maximum atomic E-state index is 12.1. The molecule has 0 aliphatic carbocycles. The van der Waals surface area contributed by atoms with Crippen molar-refractivity contribution < 1.29 is 14.3 Å². The maximum Gasteiger partial charge on any atom is 0.417 e. The number of nitrogens with zero attached hydrogens (tertiary/aromatic N) is 1. The highest BCUT2D eigenvalue weighted by Gasteiger charge is 2.26. The molecule has 0 aromatic carbocycles. The molecule has 2 amide bonds. The molecule has 110 valence electrons. The van der Waals surface area contributed by atoms with Crippen LogP contribution in [-0.2, 0) is 9.53 Å². The molecule has 0 N–H and O–H groups in total. The molecule has 0 aromatic rings. The Morgan fingerprint density at radius 2 is 1.53 bits per heavy atom. The van der Waals surface area contributed by atoms with Crippen molar-refractivity contribution in [2.75, 3.05) is 6.54 Å². The maximum absolute atomic E-state index is 12.1. The highest BCUT2D eigenvalue weighted by atomic mass is 16.6. The van der Waals surface area contributed by atoms with Gasteiger partial charge in [-0.1, -0.05) is 32.1 Å². The number of hydrogen-bond donors (Lipinski definition) is 0. The number of carbonyl (C=O) groups excluding carboxylic acids is 2. The third-order valence-electron chi connectivity index (χ3n) is 3.19. The Balaban J connectivity index is 2.62. The van der Waals surface area contributed by atoms with Gasteiger partial charge in [-0.2, -0.15) is 0 Å². The van der Waals surface area contributed by atoms with Gasteiger partial charge in [-0.25, -0.2) is 9.69 Å². The highest BCUT2D eigenvalue weighted by molar-refractivity contribution is 5.92. The Kier molecular flexibility index (Phi) is 6.32. The van der Waals surface area contributed by atoms with E-state index >= 15 is 0 Å². The first-order valence-electron chi connectivity index (χ1n) is 7.43. The fourth-order valence-corrected chi connectivity index (χ4v) is 2.20. The van der Waals surface area contributed by atoms with Gasteiger partial charge in [0.2, 0.25) is 5.91 Å². The number of amides is 2. The molecule has 1 heterocycles. The molecule has 0 atom stereocenters. The molecule has 1 rings (SSSR count). The van der Waals surface area contributed by atoms with E-state index in [0.29, 0.717) is 13.0 Å². The van der Waals surface area contributed by atoms with E-state index in [4.69, 9.17) is 4.74 Å². The zero-order valence-corrected chi connectivity index (χ0v) is 12.5. The van der Waals surface area contributed by atoms with E-state index in [1.807, 2.05) is 20.8 Å². The molecule has 1 fully saturated rings. The molecule has 19 heavy (non-hydrogen) atoms. The number of ether oxygens (including phenoxy) is 1. The molecule has 1 saturated heterocycles. The summed E-state index contributed by atoms with van der Waals surface area (Å²) in [6.45, 7) is 5.96. The molecule has 0 radical (unpaired) electrons. The van der Waals surface area contributed by atoms with Crippen LogP contribution in [0.2, 0.25) is 0 Å². The third-order valence-corrected chi connectivity index (χ3v) is 3.19. The van der Waals surface area contributed by atoms with E-state index in [2.05, 4.69) is 0 Å². The van der Waals surface area contributed by atoms with Crippen molar-refractivity contribution in [2.45, 2.75) is 77.7 Å². The van der Waals surface area contributed by atoms with Crippen LogP contribution in [0.25, 0.3) is 0 Å². The third kappa shape index (κ3) is 6.60. The van der Waals surface area contributed by atoms with Crippen LogP contribution in [0.3, 0.4) is 0 Å². The smallest absolute Gasteiger partial charge is 0.417 e. The lowest BCUT2D eigenvalue weighted by Gasteiger charge is -2.26. The summed E-state index contributed by atoms with van der Waals surface area (Å²) in [5.74, 6) is -0.0869. The second-order valence-electron chi connectivity index (χ2n) is 6.25. The summed E-state index contributed by atoms with van der Waals surface area (Å²) >= 11 is 0. The van der Waals surface area contributed by atoms with Crippen molar-refractivity contribution in [3.63, 3.8) is 0 Å². The minimum Gasteiger partial charge on any atom is -0.443 e. The lowest BCUT2D eigenvalue weighted by Crippen LogP contribution is -2.41. The summed E-state index contributed by atoms with van der Waals surface area (Å²) in [5.41, 5.74) is -0.552. The van der Waals surface area contributed by atoms with Gasteiger partial charge in [0, 0.05) is 13.0 Å². The molecule has 4 nitrogen and oxygen atoms in total. The van der Waals surface area contributed by atoms with E-state index < -0.39 is 11.7 Å². The number of hydrogen-bond acceptors (Lipinski definition) is 3. The SMILES string of the molecule is CC(C)(C)OC(=O)N1CCCCCCCCCC1=O. The topological polar surface area (TPSA) is 46.6 Å². The molecule has 0 bridgehead atoms. The van der Waals surface area contributed by atoms with E-state index in [0.717, 1.165) is 25.7 Å². The Morgan fingerprint density at radius 1 is 1.00 bits per heavy atom. The zero-order chi connectivity index (χ0) is 14.3. The summed E-state index contributed by atoms with van der Waals surface area (Å²) in [6.07, 6.45) is 7.50. The quantitative estimate of drug-likeness (QED) is 0.670. The summed E-state index contributed by atoms with van der Waals surface area (Å²) in [5, 5.41) is 0. The molecule has 0 aromatic heterocycles. The van der Waals surface area contributed by atoms with Gasteiger partial charge in [-0.3, -0.25) is 4.79 Å². The van der Waals surface area contributed by atoms with Crippen molar-refractivity contribution >= 4 is 12.0 Å². The second kappa shape index (κ2) is 7.51. The first-order valence-corrected chi connectivity index (χ1v) is 7.43. The largest absolute Gasteiger partial charge is 0.443 e. The molecule has 1 aliphatic heterocycles. The normalized spacial score (nSPS) is 19.7. The summed E-state index contributed by atoms with van der Waals surface area (Å²) in [4.78, 5) is 25.5.